The second-order valence-corrected chi connectivity index (χ2v) is 6.22. The third kappa shape index (κ3) is 2.95. The van der Waals surface area contributed by atoms with Crippen molar-refractivity contribution >= 4 is 34.9 Å². The van der Waals surface area contributed by atoms with Gasteiger partial charge in [-0.05, 0) is 48.6 Å². The smallest absolute Gasteiger partial charge is 0.335 e. The molecule has 1 aliphatic rings. The highest BCUT2D eigenvalue weighted by atomic mass is 35.5. The fourth-order valence-corrected chi connectivity index (χ4v) is 3.09. The molecule has 0 spiro atoms. The zero-order chi connectivity index (χ0) is 19.0. The predicted octanol–water partition coefficient (Wildman–Crippen LogP) is 2.33. The van der Waals surface area contributed by atoms with Crippen LogP contribution in [0.15, 0.2) is 59.9 Å². The van der Waals surface area contributed by atoms with Crippen LogP contribution in [0.4, 0.5) is 5.69 Å². The van der Waals surface area contributed by atoms with E-state index in [2.05, 4.69) is 0 Å². The van der Waals surface area contributed by atoms with Gasteiger partial charge in [0.05, 0.1) is 11.6 Å². The van der Waals surface area contributed by atoms with Gasteiger partial charge in [-0.2, -0.15) is 0 Å². The molecule has 132 valence electrons. The molecule has 1 heterocycles. The lowest BCUT2D eigenvalue weighted by Gasteiger charge is -2.27. The maximum absolute atomic E-state index is 12.6. The number of anilines is 1. The molecule has 26 heavy (non-hydrogen) atoms. The van der Waals surface area contributed by atoms with Gasteiger partial charge in [-0.3, -0.25) is 14.5 Å². The van der Waals surface area contributed by atoms with Crippen LogP contribution in [0.1, 0.15) is 28.9 Å². The topological polar surface area (TPSA) is 97.7 Å². The summed E-state index contributed by atoms with van der Waals surface area (Å²) in [5.74, 6) is -3.44. The van der Waals surface area contributed by atoms with Gasteiger partial charge < -0.3 is 10.2 Å². The molecule has 1 N–H and O–H groups in total. The molecule has 0 saturated heterocycles. The Morgan fingerprint density at radius 1 is 1.15 bits per heavy atom. The molecular formula is C19H13ClNO5-. The summed E-state index contributed by atoms with van der Waals surface area (Å²) < 4.78 is 0. The summed E-state index contributed by atoms with van der Waals surface area (Å²) in [7, 11) is 0. The van der Waals surface area contributed by atoms with Crippen LogP contribution in [0.2, 0.25) is 5.02 Å². The lowest BCUT2D eigenvalue weighted by Crippen LogP contribution is -2.32. The van der Waals surface area contributed by atoms with Gasteiger partial charge in [0.1, 0.15) is 0 Å². The number of hydrogen-bond donors (Lipinski definition) is 1. The molecule has 0 fully saturated rings. The Hall–Kier alpha value is -3.12. The van der Waals surface area contributed by atoms with Crippen molar-refractivity contribution in [2.75, 3.05) is 4.90 Å². The van der Waals surface area contributed by atoms with Crippen molar-refractivity contribution in [3.8, 4) is 0 Å². The SMILES string of the molecule is CC(=O)C1=C([O-])C(=O)N(c2cccc(C(=O)O)c2)[C@@H]1c1ccc(Cl)cc1. The lowest BCUT2D eigenvalue weighted by atomic mass is 9.96. The Kier molecular flexibility index (Phi) is 4.52. The Bertz CT molecular complexity index is 949. The number of carbonyl (C=O) groups is 3. The molecule has 0 radical (unpaired) electrons. The Labute approximate surface area is 153 Å². The summed E-state index contributed by atoms with van der Waals surface area (Å²) in [5.41, 5.74) is 0.561. The maximum Gasteiger partial charge on any atom is 0.335 e. The van der Waals surface area contributed by atoms with Gasteiger partial charge in [0.25, 0.3) is 0 Å². The summed E-state index contributed by atoms with van der Waals surface area (Å²) in [4.78, 5) is 37.0. The zero-order valence-corrected chi connectivity index (χ0v) is 14.4. The number of aromatic carboxylic acids is 1. The number of benzene rings is 2. The zero-order valence-electron chi connectivity index (χ0n) is 13.6. The van der Waals surface area contributed by atoms with Gasteiger partial charge in [-0.15, -0.1) is 0 Å². The molecule has 2 aromatic carbocycles. The number of halogens is 1. The highest BCUT2D eigenvalue weighted by Gasteiger charge is 2.39. The van der Waals surface area contributed by atoms with E-state index in [4.69, 9.17) is 11.6 Å². The molecule has 7 heteroatoms. The normalized spacial score (nSPS) is 16.9. The first kappa shape index (κ1) is 17.7. The van der Waals surface area contributed by atoms with Gasteiger partial charge in [0.15, 0.2) is 5.78 Å². The van der Waals surface area contributed by atoms with E-state index in [1.54, 1.807) is 24.3 Å². The van der Waals surface area contributed by atoms with Gasteiger partial charge in [-0.25, -0.2) is 4.79 Å². The maximum atomic E-state index is 12.6. The molecule has 0 saturated carbocycles. The summed E-state index contributed by atoms with van der Waals surface area (Å²) in [6.45, 7) is 1.22. The summed E-state index contributed by atoms with van der Waals surface area (Å²) in [6.07, 6.45) is 0. The van der Waals surface area contributed by atoms with E-state index in [-0.39, 0.29) is 16.8 Å². The number of nitrogens with zero attached hydrogens (tertiary/aromatic N) is 1. The van der Waals surface area contributed by atoms with Crippen molar-refractivity contribution in [1.29, 1.82) is 0 Å². The van der Waals surface area contributed by atoms with E-state index >= 15 is 0 Å². The van der Waals surface area contributed by atoms with Crippen LogP contribution in [-0.2, 0) is 9.59 Å². The molecule has 1 aliphatic heterocycles. The average molecular weight is 371 g/mol. The molecule has 6 nitrogen and oxygen atoms in total. The minimum Gasteiger partial charge on any atom is -0.868 e. The highest BCUT2D eigenvalue weighted by Crippen LogP contribution is 2.40. The van der Waals surface area contributed by atoms with Crippen molar-refractivity contribution in [2.45, 2.75) is 13.0 Å². The number of hydrogen-bond acceptors (Lipinski definition) is 4. The number of carbonyl (C=O) groups excluding carboxylic acids is 2. The van der Waals surface area contributed by atoms with E-state index in [0.717, 1.165) is 4.90 Å². The van der Waals surface area contributed by atoms with Crippen molar-refractivity contribution in [3.63, 3.8) is 0 Å². The largest absolute Gasteiger partial charge is 0.868 e. The van der Waals surface area contributed by atoms with Gasteiger partial charge >= 0.3 is 5.97 Å². The molecule has 1 amide bonds. The minimum atomic E-state index is -1.16. The molecular weight excluding hydrogens is 358 g/mol. The second-order valence-electron chi connectivity index (χ2n) is 5.78. The molecule has 3 rings (SSSR count). The second kappa shape index (κ2) is 6.65. The van der Waals surface area contributed by atoms with Crippen molar-refractivity contribution in [1.82, 2.24) is 0 Å². The Balaban J connectivity index is 2.18. The predicted molar refractivity (Wildman–Crippen MR) is 92.8 cm³/mol. The van der Waals surface area contributed by atoms with Crippen LogP contribution >= 0.6 is 11.6 Å². The average Bonchev–Trinajstić information content (AvgIpc) is 2.87. The third-order valence-corrected chi connectivity index (χ3v) is 4.38. The summed E-state index contributed by atoms with van der Waals surface area (Å²) in [5, 5.41) is 22.1. The van der Waals surface area contributed by atoms with Gasteiger partial charge in [-0.1, -0.05) is 29.8 Å². The molecule has 0 bridgehead atoms. The highest BCUT2D eigenvalue weighted by molar-refractivity contribution is 6.30. The van der Waals surface area contributed by atoms with Crippen molar-refractivity contribution < 1.29 is 24.6 Å². The van der Waals surface area contributed by atoms with Crippen LogP contribution in [0.25, 0.3) is 0 Å². The monoisotopic (exact) mass is 370 g/mol. The van der Waals surface area contributed by atoms with Crippen LogP contribution in [0, 0.1) is 0 Å². The first-order valence-electron chi connectivity index (χ1n) is 7.65. The van der Waals surface area contributed by atoms with Gasteiger partial charge in [0.2, 0.25) is 5.91 Å². The van der Waals surface area contributed by atoms with E-state index in [9.17, 15) is 24.6 Å². The number of Topliss-reactive ketones (excluding diaryl/α,β-unsaturated/α-hetero) is 1. The first-order valence-corrected chi connectivity index (χ1v) is 8.03. The molecule has 0 aliphatic carbocycles. The Morgan fingerprint density at radius 3 is 2.38 bits per heavy atom. The van der Waals surface area contributed by atoms with Crippen LogP contribution < -0.4 is 10.0 Å². The standard InChI is InChI=1S/C19H14ClNO5/c1-10(22)15-16(11-5-7-13(20)8-6-11)21(18(24)17(15)23)14-4-2-3-12(9-14)19(25)26/h2-9,16,23H,1H3,(H,25,26)/p-1/t16-/m1/s1. The van der Waals surface area contributed by atoms with E-state index in [1.807, 2.05) is 0 Å². The van der Waals surface area contributed by atoms with Crippen LogP contribution in [-0.4, -0.2) is 22.8 Å². The lowest BCUT2D eigenvalue weighted by molar-refractivity contribution is -0.298. The molecule has 2 aromatic rings. The number of carboxylic acids is 1. The number of carboxylic acid groups (broad SMARTS) is 1. The van der Waals surface area contributed by atoms with E-state index in [1.165, 1.54) is 31.2 Å². The summed E-state index contributed by atoms with van der Waals surface area (Å²) >= 11 is 5.90. The summed E-state index contributed by atoms with van der Waals surface area (Å²) in [6, 6.07) is 11.1. The van der Waals surface area contributed by atoms with Crippen molar-refractivity contribution in [3.05, 3.63) is 76.0 Å². The van der Waals surface area contributed by atoms with Crippen molar-refractivity contribution in [2.24, 2.45) is 0 Å². The van der Waals surface area contributed by atoms with Gasteiger partial charge in [0, 0.05) is 16.3 Å². The van der Waals surface area contributed by atoms with E-state index in [0.29, 0.717) is 10.6 Å². The van der Waals surface area contributed by atoms with Crippen LogP contribution in [0.5, 0.6) is 0 Å². The fourth-order valence-electron chi connectivity index (χ4n) is 2.96. The molecule has 0 unspecified atom stereocenters. The quantitative estimate of drug-likeness (QED) is 0.890. The third-order valence-electron chi connectivity index (χ3n) is 4.13. The molecule has 0 aromatic heterocycles. The number of rotatable bonds is 4. The number of amides is 1. The first-order chi connectivity index (χ1) is 12.3. The Morgan fingerprint density at radius 2 is 1.81 bits per heavy atom. The molecule has 1 atom stereocenters. The minimum absolute atomic E-state index is 0.0334. The van der Waals surface area contributed by atoms with E-state index < -0.39 is 29.5 Å². The fraction of sp³-hybridized carbons (Fsp3) is 0.105. The number of ketones is 1. The van der Waals surface area contributed by atoms with Crippen LogP contribution in [0.3, 0.4) is 0 Å².